The minimum absolute atomic E-state index is 0.0639. The molecule has 1 aromatic rings. The maximum absolute atomic E-state index is 11.5. The summed E-state index contributed by atoms with van der Waals surface area (Å²) in [5.41, 5.74) is 0.876. The van der Waals surface area contributed by atoms with Gasteiger partial charge in [0.1, 0.15) is 6.61 Å². The second kappa shape index (κ2) is 8.98. The number of hydrogen-bond acceptors (Lipinski definition) is 4. The van der Waals surface area contributed by atoms with Gasteiger partial charge < -0.3 is 9.47 Å². The maximum Gasteiger partial charge on any atom is 0.433 e. The van der Waals surface area contributed by atoms with Crippen LogP contribution in [0.25, 0.3) is 0 Å². The number of nitrogens with zero attached hydrogens (tertiary/aromatic N) is 1. The molecule has 0 bridgehead atoms. The summed E-state index contributed by atoms with van der Waals surface area (Å²) in [6.45, 7) is 3.44. The van der Waals surface area contributed by atoms with E-state index in [-0.39, 0.29) is 34.7 Å². The quantitative estimate of drug-likeness (QED) is 0.430. The third kappa shape index (κ3) is 6.22. The Morgan fingerprint density at radius 3 is 2.27 bits per heavy atom. The molecule has 0 fully saturated rings. The summed E-state index contributed by atoms with van der Waals surface area (Å²) in [6.07, 6.45) is -0.884. The van der Waals surface area contributed by atoms with Crippen LogP contribution < -0.4 is 0 Å². The van der Waals surface area contributed by atoms with Gasteiger partial charge in [0.15, 0.2) is 0 Å². The van der Waals surface area contributed by atoms with Gasteiger partial charge in [0.05, 0.1) is 28.1 Å². The molecule has 0 N–H and O–H groups in total. The van der Waals surface area contributed by atoms with E-state index in [1.165, 1.54) is 19.1 Å². The van der Waals surface area contributed by atoms with E-state index in [0.717, 1.165) is 0 Å². The molecule has 0 aliphatic rings. The molecule has 0 atom stereocenters. The number of halogens is 3. The average Bonchev–Trinajstić information content (AvgIpc) is 2.42. The molecule has 22 heavy (non-hydrogen) atoms. The topological polar surface area (TPSA) is 65.0 Å². The summed E-state index contributed by atoms with van der Waals surface area (Å²) in [5, 5.41) is 0.770. The third-order valence-corrected chi connectivity index (χ3v) is 3.59. The number of aliphatic imine (C=N–C) groups is 1. The van der Waals surface area contributed by atoms with Crippen LogP contribution in [0.4, 0.5) is 4.79 Å². The van der Waals surface area contributed by atoms with Crippen LogP contribution in [0.5, 0.6) is 0 Å². The number of carbonyl (C=O) groups is 2. The molecule has 1 amide bonds. The Kier molecular flexibility index (Phi) is 7.65. The highest BCUT2D eigenvalue weighted by Gasteiger charge is 2.09. The Morgan fingerprint density at radius 1 is 1.14 bits per heavy atom. The van der Waals surface area contributed by atoms with Crippen LogP contribution in [0.3, 0.4) is 0 Å². The molecule has 0 radical (unpaired) electrons. The molecule has 1 rings (SSSR count). The molecule has 8 heteroatoms. The first kappa shape index (κ1) is 18.7. The lowest BCUT2D eigenvalue weighted by atomic mass is 10.2. The summed E-state index contributed by atoms with van der Waals surface area (Å²) < 4.78 is 9.70. The van der Waals surface area contributed by atoms with Crippen LogP contribution in [0, 0.1) is 0 Å². The predicted octanol–water partition coefficient (Wildman–Crippen LogP) is 4.70. The van der Waals surface area contributed by atoms with Crippen molar-refractivity contribution in [1.82, 2.24) is 0 Å². The highest BCUT2D eigenvalue weighted by atomic mass is 35.5. The molecule has 120 valence electrons. The van der Waals surface area contributed by atoms with Gasteiger partial charge in [0.25, 0.3) is 0 Å². The van der Waals surface area contributed by atoms with Crippen LogP contribution in [0.2, 0.25) is 15.1 Å². The van der Waals surface area contributed by atoms with Crippen molar-refractivity contribution in [3.63, 3.8) is 0 Å². The fraction of sp³-hybridized carbons (Fsp3) is 0.357. The van der Waals surface area contributed by atoms with Gasteiger partial charge >= 0.3 is 12.1 Å². The van der Waals surface area contributed by atoms with Gasteiger partial charge in [-0.25, -0.2) is 4.79 Å². The zero-order chi connectivity index (χ0) is 16.7. The minimum Gasteiger partial charge on any atom is -0.466 e. The monoisotopic (exact) mass is 365 g/mol. The first-order valence-corrected chi connectivity index (χ1v) is 7.46. The lowest BCUT2D eigenvalue weighted by Gasteiger charge is -2.06. The fourth-order valence-corrected chi connectivity index (χ4v) is 2.13. The lowest BCUT2D eigenvalue weighted by molar-refractivity contribution is -0.141. The normalized spacial score (nSPS) is 11.2. The highest BCUT2D eigenvalue weighted by molar-refractivity contribution is 6.48. The van der Waals surface area contributed by atoms with Gasteiger partial charge in [-0.1, -0.05) is 34.8 Å². The molecule has 1 aromatic carbocycles. The molecule has 0 saturated heterocycles. The number of hydrogen-bond donors (Lipinski definition) is 0. The number of ether oxygens (including phenoxy) is 2. The Morgan fingerprint density at radius 2 is 1.73 bits per heavy atom. The van der Waals surface area contributed by atoms with Crippen molar-refractivity contribution in [3.05, 3.63) is 32.8 Å². The summed E-state index contributed by atoms with van der Waals surface area (Å²) >= 11 is 17.6. The first-order valence-electron chi connectivity index (χ1n) is 6.33. The van der Waals surface area contributed by atoms with Crippen molar-refractivity contribution in [2.45, 2.75) is 26.9 Å². The van der Waals surface area contributed by atoms with Crippen LogP contribution >= 0.6 is 34.8 Å². The molecular formula is C14H14Cl3NO4. The largest absolute Gasteiger partial charge is 0.466 e. The average molecular weight is 367 g/mol. The summed E-state index contributed by atoms with van der Waals surface area (Å²) in [4.78, 5) is 26.4. The van der Waals surface area contributed by atoms with Crippen molar-refractivity contribution in [3.8, 4) is 0 Å². The summed E-state index contributed by atoms with van der Waals surface area (Å²) in [5.74, 6) is -0.451. The molecule has 0 aromatic heterocycles. The predicted molar refractivity (Wildman–Crippen MR) is 86.0 cm³/mol. The summed E-state index contributed by atoms with van der Waals surface area (Å²) in [7, 11) is 0. The Labute approximate surface area is 143 Å². The van der Waals surface area contributed by atoms with Crippen molar-refractivity contribution in [1.29, 1.82) is 0 Å². The number of rotatable bonds is 5. The molecule has 0 heterocycles. The maximum atomic E-state index is 11.5. The second-order valence-corrected chi connectivity index (χ2v) is 5.45. The smallest absolute Gasteiger partial charge is 0.433 e. The third-order valence-electron chi connectivity index (χ3n) is 2.39. The molecule has 5 nitrogen and oxygen atoms in total. The Bertz CT molecular complexity index is 579. The number of amides is 1. The molecule has 0 aliphatic heterocycles. The van der Waals surface area contributed by atoms with Gasteiger partial charge in [0, 0.05) is 5.71 Å². The minimum atomic E-state index is -0.816. The van der Waals surface area contributed by atoms with Gasteiger partial charge in [0.2, 0.25) is 0 Å². The molecule has 0 aliphatic carbocycles. The molecule has 0 unspecified atom stereocenters. The first-order chi connectivity index (χ1) is 10.3. The van der Waals surface area contributed by atoms with Gasteiger partial charge in [-0.15, -0.1) is 0 Å². The van der Waals surface area contributed by atoms with Crippen LogP contribution in [0.15, 0.2) is 17.1 Å². The molecule has 0 saturated carbocycles. The zero-order valence-corrected chi connectivity index (χ0v) is 14.3. The van der Waals surface area contributed by atoms with Crippen LogP contribution in [-0.4, -0.2) is 24.4 Å². The zero-order valence-electron chi connectivity index (χ0n) is 12.0. The van der Waals surface area contributed by atoms with Crippen LogP contribution in [0.1, 0.15) is 25.8 Å². The van der Waals surface area contributed by atoms with Crippen molar-refractivity contribution < 1.29 is 19.1 Å². The van der Waals surface area contributed by atoms with E-state index in [0.29, 0.717) is 11.3 Å². The van der Waals surface area contributed by atoms with E-state index in [4.69, 9.17) is 44.3 Å². The van der Waals surface area contributed by atoms with Gasteiger partial charge in [-0.2, -0.15) is 4.99 Å². The number of esters is 1. The van der Waals surface area contributed by atoms with Crippen molar-refractivity contribution in [2.24, 2.45) is 4.99 Å². The standard InChI is InChI=1S/C14H14Cl3NO4/c1-3-21-12(19)4-8(2)18-14(20)22-7-9-5-10(15)13(17)11(16)6-9/h5-6H,3-4,7H2,1-2H3. The molecule has 0 spiro atoms. The van der Waals surface area contributed by atoms with E-state index < -0.39 is 12.1 Å². The number of carbonyl (C=O) groups excluding carboxylic acids is 2. The second-order valence-electron chi connectivity index (χ2n) is 4.26. The molecular weight excluding hydrogens is 353 g/mol. The van der Waals surface area contributed by atoms with Crippen molar-refractivity contribution in [2.75, 3.05) is 6.61 Å². The lowest BCUT2D eigenvalue weighted by Crippen LogP contribution is -2.11. The van der Waals surface area contributed by atoms with Crippen molar-refractivity contribution >= 4 is 52.6 Å². The van der Waals surface area contributed by atoms with Gasteiger partial charge in [-0.3, -0.25) is 4.79 Å². The Hall–Kier alpha value is -1.30. The highest BCUT2D eigenvalue weighted by Crippen LogP contribution is 2.31. The van der Waals surface area contributed by atoms with E-state index >= 15 is 0 Å². The number of benzene rings is 1. The van der Waals surface area contributed by atoms with Gasteiger partial charge in [-0.05, 0) is 31.5 Å². The SMILES string of the molecule is CCOC(=O)CC(C)=NC(=O)OCc1cc(Cl)c(Cl)c(Cl)c1. The van der Waals surface area contributed by atoms with E-state index in [2.05, 4.69) is 4.99 Å². The van der Waals surface area contributed by atoms with Crippen LogP contribution in [-0.2, 0) is 20.9 Å². The van der Waals surface area contributed by atoms with E-state index in [9.17, 15) is 9.59 Å². The summed E-state index contributed by atoms with van der Waals surface area (Å²) in [6, 6.07) is 3.08. The fourth-order valence-electron chi connectivity index (χ4n) is 1.48. The van der Waals surface area contributed by atoms with E-state index in [1.54, 1.807) is 6.92 Å². The van der Waals surface area contributed by atoms with E-state index in [1.807, 2.05) is 0 Å². The Balaban J connectivity index is 2.57.